The highest BCUT2D eigenvalue weighted by Gasteiger charge is 2.45. The molecular weight excluding hydrogens is 1160 g/mol. The van der Waals surface area contributed by atoms with E-state index in [1.807, 2.05) is 4.90 Å². The molecule has 3 fully saturated rings. The van der Waals surface area contributed by atoms with Crippen LogP contribution in [0.2, 0.25) is 0 Å². The predicted octanol–water partition coefficient (Wildman–Crippen LogP) is 6.41. The van der Waals surface area contributed by atoms with Crippen molar-refractivity contribution in [3.63, 3.8) is 0 Å². The standard InChI is InChI=1S/C61H77F3N10O8.3ClH/c1-37-31-72(46(30-67-37)33-71-22-25-82-35-38(71)2)34-54(77)74-36-61(4,48-17-12-41(27-51(48)74)26-40-10-14-44(62)15-11-40)20-7-21-66-52(75)29-53(76)68-45-16-13-43-32-73(57(47(43)28-45)59(79)70-56-49(63)8-6-9-50(56)64)60(80)55(42-18-23-81-24-19-42)69-58(78)39(3)65-5;;;/h6,8-17,27-28,37-39,42,46,55,57,65,67H,7,18-26,29-36H2,1-5H3,(H,66,75)(H,68,76)(H,69,78)(H,70,79);3*1H/t37-,38?,39?,46-,55?,57?,61?;;;/m1.../s1. The third-order valence-corrected chi connectivity index (χ3v) is 16.9. The average molecular weight is 1240 g/mol. The van der Waals surface area contributed by atoms with Gasteiger partial charge in [0.1, 0.15) is 41.6 Å². The second kappa shape index (κ2) is 30.7. The number of hydrogen-bond acceptors (Lipinski definition) is 12. The number of nitrogens with zero attached hydrogens (tertiary/aromatic N) is 4. The number of amides is 6. The van der Waals surface area contributed by atoms with Gasteiger partial charge in [0.05, 0.1) is 25.8 Å². The number of piperazine rings is 1. The zero-order valence-corrected chi connectivity index (χ0v) is 51.1. The van der Waals surface area contributed by atoms with E-state index < -0.39 is 76.8 Å². The number of para-hydroxylation sites is 1. The second-order valence-corrected chi connectivity index (χ2v) is 23.0. The summed E-state index contributed by atoms with van der Waals surface area (Å²) in [5.74, 6) is -5.82. The number of ether oxygens (including phenoxy) is 2. The first-order valence-corrected chi connectivity index (χ1v) is 28.7. The van der Waals surface area contributed by atoms with E-state index >= 15 is 0 Å². The van der Waals surface area contributed by atoms with Crippen LogP contribution in [0.4, 0.5) is 30.2 Å². The fraction of sp³-hybridized carbons (Fsp3) is 0.508. The van der Waals surface area contributed by atoms with E-state index in [1.54, 1.807) is 38.2 Å². The van der Waals surface area contributed by atoms with Crippen molar-refractivity contribution in [2.24, 2.45) is 5.92 Å². The van der Waals surface area contributed by atoms with Crippen LogP contribution in [0, 0.1) is 23.4 Å². The Labute approximate surface area is 514 Å². The minimum Gasteiger partial charge on any atom is -0.381 e. The largest absolute Gasteiger partial charge is 0.381 e. The second-order valence-electron chi connectivity index (χ2n) is 23.0. The molecule has 5 unspecified atom stereocenters. The van der Waals surface area contributed by atoms with Crippen molar-refractivity contribution in [2.75, 3.05) is 94.8 Å². The molecule has 4 aromatic carbocycles. The molecule has 0 aliphatic carbocycles. The van der Waals surface area contributed by atoms with Crippen LogP contribution in [0.3, 0.4) is 0 Å². The van der Waals surface area contributed by atoms with E-state index in [1.165, 1.54) is 23.1 Å². The molecule has 0 radical (unpaired) electrons. The molecule has 24 heteroatoms. The van der Waals surface area contributed by atoms with Gasteiger partial charge in [0.15, 0.2) is 0 Å². The van der Waals surface area contributed by atoms with Gasteiger partial charge in [-0.1, -0.05) is 43.3 Å². The maximum Gasteiger partial charge on any atom is 0.252 e. The Morgan fingerprint density at radius 1 is 0.835 bits per heavy atom. The molecule has 18 nitrogen and oxygen atoms in total. The van der Waals surface area contributed by atoms with Crippen molar-refractivity contribution in [3.05, 3.63) is 124 Å². The van der Waals surface area contributed by atoms with Crippen LogP contribution in [0.1, 0.15) is 93.7 Å². The summed E-state index contributed by atoms with van der Waals surface area (Å²) >= 11 is 0. The highest BCUT2D eigenvalue weighted by molar-refractivity contribution is 6.04. The van der Waals surface area contributed by atoms with E-state index in [0.717, 1.165) is 66.8 Å². The van der Waals surface area contributed by atoms with Crippen molar-refractivity contribution in [1.29, 1.82) is 0 Å². The summed E-state index contributed by atoms with van der Waals surface area (Å²) in [7, 11) is 1.61. The molecule has 6 amide bonds. The minimum atomic E-state index is -1.44. The number of nitrogens with one attached hydrogen (secondary N) is 6. The topological polar surface area (TPSA) is 206 Å². The van der Waals surface area contributed by atoms with Gasteiger partial charge < -0.3 is 51.2 Å². The first kappa shape index (κ1) is 68.2. The van der Waals surface area contributed by atoms with Crippen molar-refractivity contribution < 1.29 is 51.4 Å². The van der Waals surface area contributed by atoms with Gasteiger partial charge in [0.25, 0.3) is 5.91 Å². The van der Waals surface area contributed by atoms with Crippen molar-refractivity contribution >= 4 is 89.7 Å². The van der Waals surface area contributed by atoms with Gasteiger partial charge in [-0.3, -0.25) is 38.6 Å². The molecule has 0 bridgehead atoms. The van der Waals surface area contributed by atoms with Gasteiger partial charge in [0, 0.05) is 93.9 Å². The fourth-order valence-corrected chi connectivity index (χ4v) is 12.1. The summed E-state index contributed by atoms with van der Waals surface area (Å²) in [6, 6.07) is 18.0. The first-order valence-electron chi connectivity index (χ1n) is 28.7. The number of fused-ring (bicyclic) bond motifs is 2. The van der Waals surface area contributed by atoms with Crippen LogP contribution in [-0.4, -0.2) is 160 Å². The maximum absolute atomic E-state index is 15.0. The molecule has 5 aliphatic heterocycles. The number of benzene rings is 4. The number of anilines is 3. The molecule has 6 N–H and O–H groups in total. The van der Waals surface area contributed by atoms with Crippen LogP contribution < -0.4 is 36.8 Å². The molecular formula is C61H80Cl3F3N10O8. The molecule has 5 aliphatic rings. The third-order valence-electron chi connectivity index (χ3n) is 16.9. The lowest BCUT2D eigenvalue weighted by Crippen LogP contribution is -2.62. The minimum absolute atomic E-state index is 0. The van der Waals surface area contributed by atoms with E-state index in [-0.39, 0.29) is 104 Å². The number of likely N-dealkylation sites (N-methyl/N-ethyl adjacent to an activating group) is 1. The van der Waals surface area contributed by atoms with Crippen LogP contribution >= 0.6 is 37.2 Å². The number of carbonyl (C=O) groups is 6. The van der Waals surface area contributed by atoms with Gasteiger partial charge in [0.2, 0.25) is 29.5 Å². The molecule has 464 valence electrons. The molecule has 7 atom stereocenters. The number of halogens is 6. The van der Waals surface area contributed by atoms with E-state index in [0.29, 0.717) is 70.6 Å². The Hall–Kier alpha value is -5.88. The van der Waals surface area contributed by atoms with Gasteiger partial charge in [-0.05, 0) is 136 Å². The molecule has 0 aromatic heterocycles. The highest BCUT2D eigenvalue weighted by atomic mass is 35.5. The first-order chi connectivity index (χ1) is 39.4. The van der Waals surface area contributed by atoms with Crippen LogP contribution in [-0.2, 0) is 56.6 Å². The van der Waals surface area contributed by atoms with Gasteiger partial charge >= 0.3 is 0 Å². The summed E-state index contributed by atoms with van der Waals surface area (Å²) in [5.41, 5.74) is 3.62. The SMILES string of the molecule is CNC(C)C(=O)NC(C(=O)N1Cc2ccc(NC(=O)CC(=O)NCCCC3(C)CN(C(=O)CN4C[C@@H](C)NC[C@@H]4CN4CCOCC4C)c4cc(Cc5ccc(F)cc5)ccc43)cc2C1C(=O)Nc1c(F)cccc1F)C1CCOCC1.Cl.Cl.Cl. The summed E-state index contributed by atoms with van der Waals surface area (Å²) in [5, 5.41) is 17.3. The lowest BCUT2D eigenvalue weighted by molar-refractivity contribution is -0.144. The number of hydrogen-bond donors (Lipinski definition) is 6. The normalized spacial score (nSPS) is 22.1. The smallest absolute Gasteiger partial charge is 0.252 e. The number of rotatable bonds is 20. The van der Waals surface area contributed by atoms with Crippen molar-refractivity contribution in [2.45, 2.75) is 114 Å². The Morgan fingerprint density at radius 3 is 2.26 bits per heavy atom. The number of morpholine rings is 1. The molecule has 3 saturated heterocycles. The summed E-state index contributed by atoms with van der Waals surface area (Å²) < 4.78 is 55.1. The maximum atomic E-state index is 15.0. The molecule has 0 spiro atoms. The summed E-state index contributed by atoms with van der Waals surface area (Å²) in [6.45, 7) is 14.2. The van der Waals surface area contributed by atoms with Gasteiger partial charge in [-0.2, -0.15) is 0 Å². The average Bonchev–Trinajstić information content (AvgIpc) is 1.87. The van der Waals surface area contributed by atoms with Crippen LogP contribution in [0.5, 0.6) is 0 Å². The lowest BCUT2D eigenvalue weighted by Gasteiger charge is -2.43. The van der Waals surface area contributed by atoms with Crippen molar-refractivity contribution in [3.8, 4) is 0 Å². The third kappa shape index (κ3) is 16.6. The van der Waals surface area contributed by atoms with E-state index in [4.69, 9.17) is 9.47 Å². The quantitative estimate of drug-likeness (QED) is 0.0420. The van der Waals surface area contributed by atoms with Crippen LogP contribution in [0.25, 0.3) is 0 Å². The molecule has 4 aromatic rings. The Balaban J connectivity index is 0.00000386. The molecule has 5 heterocycles. The Bertz CT molecular complexity index is 2980. The Kier molecular flexibility index (Phi) is 24.6. The van der Waals surface area contributed by atoms with Gasteiger partial charge in [-0.15, -0.1) is 37.2 Å². The van der Waals surface area contributed by atoms with Gasteiger partial charge in [-0.25, -0.2) is 13.2 Å². The predicted molar refractivity (Wildman–Crippen MR) is 326 cm³/mol. The molecule has 9 rings (SSSR count). The lowest BCUT2D eigenvalue weighted by atomic mass is 9.80. The van der Waals surface area contributed by atoms with Crippen LogP contribution in [0.15, 0.2) is 78.9 Å². The summed E-state index contributed by atoms with van der Waals surface area (Å²) in [6.07, 6.45) is 2.08. The monoisotopic (exact) mass is 1240 g/mol. The van der Waals surface area contributed by atoms with Crippen molar-refractivity contribution in [1.82, 2.24) is 36.0 Å². The Morgan fingerprint density at radius 2 is 1.55 bits per heavy atom. The number of carbonyl (C=O) groups excluding carboxylic acids is 6. The zero-order chi connectivity index (χ0) is 58.2. The van der Waals surface area contributed by atoms with E-state index in [9.17, 15) is 41.9 Å². The molecule has 0 saturated carbocycles. The summed E-state index contributed by atoms with van der Waals surface area (Å²) in [4.78, 5) is 91.9. The van der Waals surface area contributed by atoms with E-state index in [2.05, 4.69) is 80.7 Å². The molecule has 85 heavy (non-hydrogen) atoms. The highest BCUT2D eigenvalue weighted by Crippen LogP contribution is 2.45. The fourth-order valence-electron chi connectivity index (χ4n) is 12.1. The zero-order valence-electron chi connectivity index (χ0n) is 48.7.